The maximum Gasteiger partial charge on any atom is 0.269 e. The second kappa shape index (κ2) is 8.43. The number of aromatic nitrogens is 5. The van der Waals surface area contributed by atoms with Crippen molar-refractivity contribution in [3.8, 4) is 22.8 Å². The van der Waals surface area contributed by atoms with E-state index in [9.17, 15) is 10.1 Å². The molecular formula is C20H17N7O3. The molecule has 10 nitrogen and oxygen atoms in total. The normalized spacial score (nSPS) is 10.7. The van der Waals surface area contributed by atoms with Crippen molar-refractivity contribution in [2.24, 2.45) is 0 Å². The largest absolute Gasteiger partial charge is 0.361 e. The second-order valence-corrected chi connectivity index (χ2v) is 6.33. The van der Waals surface area contributed by atoms with Gasteiger partial charge in [-0.15, -0.1) is 0 Å². The Morgan fingerprint density at radius 3 is 2.43 bits per heavy atom. The predicted molar refractivity (Wildman–Crippen MR) is 108 cm³/mol. The standard InChI is InChI=1S/C20H17N7O3/c1-2-15-11-17(24-19(23-15)13-3-5-16(6-4-13)27(28)29)22-12-18-25-20(26-30-18)14-7-9-21-10-8-14/h3-11H,2,12H2,1H3,(H,22,23,24). The summed E-state index contributed by atoms with van der Waals surface area (Å²) in [4.78, 5) is 27.8. The second-order valence-electron chi connectivity index (χ2n) is 6.33. The topological polar surface area (TPSA) is 133 Å². The molecule has 0 unspecified atom stereocenters. The number of non-ortho nitro benzene ring substituents is 1. The number of hydrogen-bond acceptors (Lipinski definition) is 9. The molecule has 4 rings (SSSR count). The molecule has 0 spiro atoms. The maximum atomic E-state index is 10.9. The van der Waals surface area contributed by atoms with E-state index in [2.05, 4.69) is 30.4 Å². The summed E-state index contributed by atoms with van der Waals surface area (Å²) in [6.07, 6.45) is 4.04. The highest BCUT2D eigenvalue weighted by molar-refractivity contribution is 5.59. The highest BCUT2D eigenvalue weighted by atomic mass is 16.6. The molecule has 0 bridgehead atoms. The summed E-state index contributed by atoms with van der Waals surface area (Å²) < 4.78 is 5.30. The third-order valence-electron chi connectivity index (χ3n) is 4.31. The average Bonchev–Trinajstić information content (AvgIpc) is 3.27. The number of nitrogens with zero attached hydrogens (tertiary/aromatic N) is 6. The van der Waals surface area contributed by atoms with Gasteiger partial charge in [0.1, 0.15) is 5.82 Å². The van der Waals surface area contributed by atoms with Gasteiger partial charge in [0.05, 0.1) is 11.5 Å². The van der Waals surface area contributed by atoms with Gasteiger partial charge in [-0.05, 0) is 30.7 Å². The van der Waals surface area contributed by atoms with Crippen molar-refractivity contribution in [2.75, 3.05) is 5.32 Å². The number of nitrogens with one attached hydrogen (secondary N) is 1. The van der Waals surface area contributed by atoms with Crippen LogP contribution in [0.15, 0.2) is 59.4 Å². The summed E-state index contributed by atoms with van der Waals surface area (Å²) in [7, 11) is 0. The Balaban J connectivity index is 1.52. The first-order valence-corrected chi connectivity index (χ1v) is 9.22. The Kier molecular flexibility index (Phi) is 5.37. The molecule has 30 heavy (non-hydrogen) atoms. The Morgan fingerprint density at radius 2 is 1.73 bits per heavy atom. The molecule has 1 N–H and O–H groups in total. The summed E-state index contributed by atoms with van der Waals surface area (Å²) >= 11 is 0. The van der Waals surface area contributed by atoms with Gasteiger partial charge in [0.15, 0.2) is 5.82 Å². The molecule has 4 aromatic rings. The van der Waals surface area contributed by atoms with Crippen molar-refractivity contribution in [3.05, 3.63) is 76.6 Å². The van der Waals surface area contributed by atoms with Crippen molar-refractivity contribution >= 4 is 11.5 Å². The zero-order valence-electron chi connectivity index (χ0n) is 16.0. The minimum absolute atomic E-state index is 0.0186. The highest BCUT2D eigenvalue weighted by Gasteiger charge is 2.12. The van der Waals surface area contributed by atoms with Gasteiger partial charge in [0.25, 0.3) is 5.69 Å². The fraction of sp³-hybridized carbons (Fsp3) is 0.150. The van der Waals surface area contributed by atoms with E-state index in [-0.39, 0.29) is 12.2 Å². The third-order valence-corrected chi connectivity index (χ3v) is 4.31. The van der Waals surface area contributed by atoms with Gasteiger partial charge in [-0.25, -0.2) is 9.97 Å². The zero-order chi connectivity index (χ0) is 20.9. The highest BCUT2D eigenvalue weighted by Crippen LogP contribution is 2.22. The molecule has 3 aromatic heterocycles. The zero-order valence-corrected chi connectivity index (χ0v) is 16.0. The summed E-state index contributed by atoms with van der Waals surface area (Å²) in [5, 5.41) is 18.0. The van der Waals surface area contributed by atoms with E-state index in [0.717, 1.165) is 11.3 Å². The number of hydrogen-bond donors (Lipinski definition) is 1. The Bertz CT molecular complexity index is 1160. The van der Waals surface area contributed by atoms with E-state index in [4.69, 9.17) is 4.52 Å². The van der Waals surface area contributed by atoms with Crippen LogP contribution < -0.4 is 5.32 Å². The maximum absolute atomic E-state index is 10.9. The number of aryl methyl sites for hydroxylation is 1. The number of pyridine rings is 1. The Labute approximate surface area is 171 Å². The number of benzene rings is 1. The van der Waals surface area contributed by atoms with Crippen LogP contribution >= 0.6 is 0 Å². The van der Waals surface area contributed by atoms with E-state index >= 15 is 0 Å². The van der Waals surface area contributed by atoms with E-state index in [1.807, 2.05) is 13.0 Å². The van der Waals surface area contributed by atoms with E-state index in [1.165, 1.54) is 12.1 Å². The Hall–Kier alpha value is -4.21. The fourth-order valence-corrected chi connectivity index (χ4v) is 2.74. The van der Waals surface area contributed by atoms with Gasteiger partial charge in [-0.3, -0.25) is 15.1 Å². The van der Waals surface area contributed by atoms with Crippen LogP contribution in [0.4, 0.5) is 11.5 Å². The smallest absolute Gasteiger partial charge is 0.269 e. The molecule has 150 valence electrons. The predicted octanol–water partition coefficient (Wildman–Crippen LogP) is 3.67. The molecular weight excluding hydrogens is 386 g/mol. The van der Waals surface area contributed by atoms with E-state index < -0.39 is 4.92 Å². The van der Waals surface area contributed by atoms with Gasteiger partial charge >= 0.3 is 0 Å². The monoisotopic (exact) mass is 403 g/mol. The van der Waals surface area contributed by atoms with Crippen molar-refractivity contribution in [2.45, 2.75) is 19.9 Å². The lowest BCUT2D eigenvalue weighted by Crippen LogP contribution is -2.05. The number of anilines is 1. The van der Waals surface area contributed by atoms with Gasteiger partial charge < -0.3 is 9.84 Å². The van der Waals surface area contributed by atoms with Crippen LogP contribution in [0.5, 0.6) is 0 Å². The lowest BCUT2D eigenvalue weighted by Gasteiger charge is -2.08. The average molecular weight is 403 g/mol. The van der Waals surface area contributed by atoms with E-state index in [0.29, 0.717) is 35.3 Å². The number of nitro groups is 1. The van der Waals surface area contributed by atoms with E-state index in [1.54, 1.807) is 36.7 Å². The summed E-state index contributed by atoms with van der Waals surface area (Å²) in [6, 6.07) is 11.6. The molecule has 0 atom stereocenters. The van der Waals surface area contributed by atoms with Crippen molar-refractivity contribution < 1.29 is 9.45 Å². The molecule has 3 heterocycles. The fourth-order valence-electron chi connectivity index (χ4n) is 2.74. The first-order chi connectivity index (χ1) is 14.6. The summed E-state index contributed by atoms with van der Waals surface area (Å²) in [5.74, 6) is 1.97. The molecule has 0 radical (unpaired) electrons. The molecule has 0 saturated carbocycles. The molecule has 0 aliphatic rings. The van der Waals surface area contributed by atoms with Crippen molar-refractivity contribution in [1.29, 1.82) is 0 Å². The van der Waals surface area contributed by atoms with Crippen molar-refractivity contribution in [3.63, 3.8) is 0 Å². The first-order valence-electron chi connectivity index (χ1n) is 9.22. The van der Waals surface area contributed by atoms with Crippen LogP contribution in [-0.4, -0.2) is 30.0 Å². The molecule has 0 aliphatic carbocycles. The minimum Gasteiger partial charge on any atom is -0.361 e. The first kappa shape index (κ1) is 19.1. The van der Waals surface area contributed by atoms with Crippen LogP contribution in [0.2, 0.25) is 0 Å². The van der Waals surface area contributed by atoms with Crippen molar-refractivity contribution in [1.82, 2.24) is 25.1 Å². The van der Waals surface area contributed by atoms with Crippen LogP contribution in [0.25, 0.3) is 22.8 Å². The molecule has 0 fully saturated rings. The molecule has 10 heteroatoms. The van der Waals surface area contributed by atoms with Gasteiger partial charge in [0, 0.05) is 47.4 Å². The van der Waals surface area contributed by atoms with Crippen LogP contribution in [0.3, 0.4) is 0 Å². The molecule has 0 saturated heterocycles. The SMILES string of the molecule is CCc1cc(NCc2nc(-c3ccncc3)no2)nc(-c2ccc([N+](=O)[O-])cc2)n1. The Morgan fingerprint density at radius 1 is 1.00 bits per heavy atom. The molecule has 0 aliphatic heterocycles. The number of nitro benzene ring substituents is 1. The quantitative estimate of drug-likeness (QED) is 0.362. The third kappa shape index (κ3) is 4.27. The van der Waals surface area contributed by atoms with Gasteiger partial charge in [0.2, 0.25) is 11.7 Å². The van der Waals surface area contributed by atoms with Crippen LogP contribution in [0, 0.1) is 10.1 Å². The summed E-state index contributed by atoms with van der Waals surface area (Å²) in [5.41, 5.74) is 2.36. The lowest BCUT2D eigenvalue weighted by molar-refractivity contribution is -0.384. The summed E-state index contributed by atoms with van der Waals surface area (Å²) in [6.45, 7) is 2.28. The number of rotatable bonds is 7. The molecule has 1 aromatic carbocycles. The van der Waals surface area contributed by atoms with Gasteiger partial charge in [-0.2, -0.15) is 4.98 Å². The van der Waals surface area contributed by atoms with Crippen LogP contribution in [0.1, 0.15) is 18.5 Å². The molecule has 0 amide bonds. The lowest BCUT2D eigenvalue weighted by atomic mass is 10.2. The van der Waals surface area contributed by atoms with Crippen LogP contribution in [-0.2, 0) is 13.0 Å². The minimum atomic E-state index is -0.440. The van der Waals surface area contributed by atoms with Gasteiger partial charge in [-0.1, -0.05) is 12.1 Å².